The number of esters is 1. The Morgan fingerprint density at radius 1 is 1.60 bits per heavy atom. The highest BCUT2D eigenvalue weighted by Gasteiger charge is 2.03. The topological polar surface area (TPSA) is 92.8 Å². The second-order valence-corrected chi connectivity index (χ2v) is 1.70. The van der Waals surface area contributed by atoms with E-state index >= 15 is 0 Å². The van der Waals surface area contributed by atoms with Crippen LogP contribution in [0.2, 0.25) is 0 Å². The molecule has 10 heavy (non-hydrogen) atoms. The predicted octanol–water partition coefficient (Wildman–Crippen LogP) is -1.81. The first-order valence-electron chi connectivity index (χ1n) is 2.88. The molecule has 0 bridgehead atoms. The molecule has 0 saturated heterocycles. The van der Waals surface area contributed by atoms with Crippen LogP contribution >= 0.6 is 0 Å². The number of rotatable bonds is 4. The number of ether oxygens (including phenoxy) is 1. The molecular weight excluding hydrogens is 138 g/mol. The third-order valence-electron chi connectivity index (χ3n) is 0.742. The van der Waals surface area contributed by atoms with Gasteiger partial charge in [-0.3, -0.25) is 4.79 Å². The first kappa shape index (κ1) is 9.35. The quantitative estimate of drug-likeness (QED) is 0.323. The zero-order valence-corrected chi connectivity index (χ0v) is 5.49. The Morgan fingerprint density at radius 3 is 2.60 bits per heavy atom. The van der Waals surface area contributed by atoms with Crippen molar-refractivity contribution >= 4 is 5.97 Å². The van der Waals surface area contributed by atoms with Crippen molar-refractivity contribution in [3.05, 3.63) is 0 Å². The van der Waals surface area contributed by atoms with Crippen molar-refractivity contribution < 1.29 is 19.7 Å². The molecule has 60 valence electrons. The molecule has 0 aliphatic rings. The Hall–Kier alpha value is -0.650. The summed E-state index contributed by atoms with van der Waals surface area (Å²) >= 11 is 0. The summed E-state index contributed by atoms with van der Waals surface area (Å²) in [5.74, 6) is -0.518. The molecule has 0 spiro atoms. The van der Waals surface area contributed by atoms with E-state index in [1.807, 2.05) is 0 Å². The number of nitrogens with two attached hydrogens (primary N) is 1. The van der Waals surface area contributed by atoms with Crippen LogP contribution in [0.15, 0.2) is 0 Å². The summed E-state index contributed by atoms with van der Waals surface area (Å²) in [5, 5.41) is 16.4. The van der Waals surface area contributed by atoms with Crippen molar-refractivity contribution in [1.29, 1.82) is 0 Å². The van der Waals surface area contributed by atoms with E-state index < -0.39 is 18.9 Å². The highest BCUT2D eigenvalue weighted by molar-refractivity contribution is 5.69. The minimum absolute atomic E-state index is 0.104. The van der Waals surface area contributed by atoms with Crippen LogP contribution in [-0.4, -0.2) is 35.6 Å². The van der Waals surface area contributed by atoms with Gasteiger partial charge in [0, 0.05) is 6.54 Å². The first-order chi connectivity index (χ1) is 4.66. The lowest BCUT2D eigenvalue weighted by Gasteiger charge is -2.03. The molecule has 0 saturated carbocycles. The molecule has 0 aromatic carbocycles. The number of aliphatic hydroxyl groups excluding tert-OH is 1. The maximum atomic E-state index is 10.4. The molecule has 4 N–H and O–H groups in total. The molecule has 0 fully saturated rings. The third kappa shape index (κ3) is 5.49. The highest BCUT2D eigenvalue weighted by atomic mass is 16.6. The van der Waals surface area contributed by atoms with Gasteiger partial charge >= 0.3 is 5.97 Å². The monoisotopic (exact) mass is 149 g/mol. The van der Waals surface area contributed by atoms with Crippen molar-refractivity contribution in [3.8, 4) is 0 Å². The van der Waals surface area contributed by atoms with Gasteiger partial charge in [-0.15, -0.1) is 0 Å². The van der Waals surface area contributed by atoms with Gasteiger partial charge in [0.2, 0.25) is 0 Å². The van der Waals surface area contributed by atoms with Crippen LogP contribution in [0.1, 0.15) is 6.42 Å². The third-order valence-corrected chi connectivity index (χ3v) is 0.742. The van der Waals surface area contributed by atoms with Crippen LogP contribution in [-0.2, 0) is 9.53 Å². The second kappa shape index (κ2) is 5.16. The zero-order chi connectivity index (χ0) is 7.98. The fraction of sp³-hybridized carbons (Fsp3) is 0.800. The van der Waals surface area contributed by atoms with E-state index in [1.54, 1.807) is 0 Å². The first-order valence-corrected chi connectivity index (χ1v) is 2.88. The molecule has 0 aliphatic carbocycles. The van der Waals surface area contributed by atoms with E-state index in [4.69, 9.17) is 15.9 Å². The maximum Gasteiger partial charge on any atom is 0.307 e. The Labute approximate surface area is 58.4 Å². The number of aliphatic hydroxyl groups is 2. The van der Waals surface area contributed by atoms with Crippen LogP contribution in [0.5, 0.6) is 0 Å². The van der Waals surface area contributed by atoms with E-state index in [0.29, 0.717) is 0 Å². The van der Waals surface area contributed by atoms with Crippen molar-refractivity contribution in [2.24, 2.45) is 5.73 Å². The molecule has 0 amide bonds. The normalized spacial score (nSPS) is 10.0. The summed E-state index contributed by atoms with van der Waals surface area (Å²) in [5.41, 5.74) is 5.01. The molecule has 5 nitrogen and oxygen atoms in total. The second-order valence-electron chi connectivity index (χ2n) is 1.70. The maximum absolute atomic E-state index is 10.4. The van der Waals surface area contributed by atoms with Gasteiger partial charge in [-0.25, -0.2) is 0 Å². The molecule has 0 heterocycles. The molecule has 0 unspecified atom stereocenters. The van der Waals surface area contributed by atoms with Gasteiger partial charge in [-0.1, -0.05) is 0 Å². The Bertz CT molecular complexity index is 104. The van der Waals surface area contributed by atoms with Gasteiger partial charge in [-0.2, -0.15) is 0 Å². The van der Waals surface area contributed by atoms with Crippen molar-refractivity contribution in [3.63, 3.8) is 0 Å². The molecule has 0 atom stereocenters. The molecule has 0 radical (unpaired) electrons. The summed E-state index contributed by atoms with van der Waals surface area (Å²) in [4.78, 5) is 10.4. The summed E-state index contributed by atoms with van der Waals surface area (Å²) in [6.45, 7) is -0.181. The summed E-state index contributed by atoms with van der Waals surface area (Å²) in [6, 6.07) is 0. The van der Waals surface area contributed by atoms with Gasteiger partial charge in [0.1, 0.15) is 6.61 Å². The fourth-order valence-electron chi connectivity index (χ4n) is 0.358. The largest absolute Gasteiger partial charge is 0.460 e. The molecule has 0 aliphatic heterocycles. The number of hydrogen-bond acceptors (Lipinski definition) is 5. The van der Waals surface area contributed by atoms with Crippen molar-refractivity contribution in [2.75, 3.05) is 13.2 Å². The van der Waals surface area contributed by atoms with E-state index in [0.717, 1.165) is 0 Å². The summed E-state index contributed by atoms with van der Waals surface area (Å²) < 4.78 is 4.32. The molecular formula is C5H11NO4. The molecule has 0 aromatic heterocycles. The highest BCUT2D eigenvalue weighted by Crippen LogP contribution is 1.85. The Balaban J connectivity index is 3.22. The van der Waals surface area contributed by atoms with Crippen LogP contribution in [0.4, 0.5) is 0 Å². The summed E-state index contributed by atoms with van der Waals surface area (Å²) in [6.07, 6.45) is -1.49. The zero-order valence-electron chi connectivity index (χ0n) is 5.49. The number of hydrogen-bond donors (Lipinski definition) is 3. The van der Waals surface area contributed by atoms with E-state index in [-0.39, 0.29) is 13.0 Å². The molecule has 5 heteroatoms. The molecule has 0 rings (SSSR count). The number of carbonyl (C=O) groups is 1. The molecule has 0 aromatic rings. The van der Waals surface area contributed by atoms with Crippen molar-refractivity contribution in [2.45, 2.75) is 12.7 Å². The van der Waals surface area contributed by atoms with Gasteiger partial charge < -0.3 is 20.7 Å². The van der Waals surface area contributed by atoms with E-state index in [1.165, 1.54) is 0 Å². The lowest BCUT2D eigenvalue weighted by molar-refractivity contribution is -0.156. The van der Waals surface area contributed by atoms with Gasteiger partial charge in [0.25, 0.3) is 0 Å². The van der Waals surface area contributed by atoms with Crippen molar-refractivity contribution in [1.82, 2.24) is 0 Å². The van der Waals surface area contributed by atoms with Crippen LogP contribution in [0.25, 0.3) is 0 Å². The Morgan fingerprint density at radius 2 is 2.20 bits per heavy atom. The van der Waals surface area contributed by atoms with Gasteiger partial charge in [-0.05, 0) is 0 Å². The number of carbonyl (C=O) groups excluding carboxylic acids is 1. The average molecular weight is 149 g/mol. The van der Waals surface area contributed by atoms with Crippen LogP contribution < -0.4 is 5.73 Å². The minimum Gasteiger partial charge on any atom is -0.460 e. The predicted molar refractivity (Wildman–Crippen MR) is 32.9 cm³/mol. The van der Waals surface area contributed by atoms with E-state index in [9.17, 15) is 4.79 Å². The Kier molecular flexibility index (Phi) is 4.82. The average Bonchev–Trinajstić information content (AvgIpc) is 1.85. The standard InChI is InChI=1S/C5H11NO4/c6-2-1-5(9)10-3-4(7)8/h4,7-8H,1-3,6H2. The minimum atomic E-state index is -1.60. The van der Waals surface area contributed by atoms with Crippen LogP contribution in [0, 0.1) is 0 Å². The van der Waals surface area contributed by atoms with Gasteiger partial charge in [0.15, 0.2) is 6.29 Å². The fourth-order valence-corrected chi connectivity index (χ4v) is 0.358. The SMILES string of the molecule is NCCC(=O)OCC(O)O. The lowest BCUT2D eigenvalue weighted by atomic mass is 10.4. The summed E-state index contributed by atoms with van der Waals surface area (Å²) in [7, 11) is 0. The van der Waals surface area contributed by atoms with Gasteiger partial charge in [0.05, 0.1) is 6.42 Å². The van der Waals surface area contributed by atoms with E-state index in [2.05, 4.69) is 4.74 Å². The van der Waals surface area contributed by atoms with Crippen LogP contribution in [0.3, 0.4) is 0 Å². The lowest BCUT2D eigenvalue weighted by Crippen LogP contribution is -2.19. The smallest absolute Gasteiger partial charge is 0.307 e.